The lowest BCUT2D eigenvalue weighted by atomic mass is 9.90. The topological polar surface area (TPSA) is 67.4 Å². The number of benzene rings is 2. The van der Waals surface area contributed by atoms with E-state index in [2.05, 4.69) is 10.6 Å². The molecular weight excluding hydrogens is 340 g/mol. The Labute approximate surface area is 161 Å². The maximum absolute atomic E-state index is 12.7. The van der Waals surface area contributed by atoms with Crippen LogP contribution in [0.5, 0.6) is 5.75 Å². The van der Waals surface area contributed by atoms with Crippen molar-refractivity contribution in [2.45, 2.75) is 33.6 Å². The lowest BCUT2D eigenvalue weighted by molar-refractivity contribution is -0.138. The van der Waals surface area contributed by atoms with Crippen LogP contribution in [-0.4, -0.2) is 25.5 Å². The van der Waals surface area contributed by atoms with E-state index in [1.165, 1.54) is 0 Å². The summed E-state index contributed by atoms with van der Waals surface area (Å²) in [6.45, 7) is 5.77. The Hall–Kier alpha value is -2.82. The van der Waals surface area contributed by atoms with Gasteiger partial charge in [-0.05, 0) is 56.0 Å². The van der Waals surface area contributed by atoms with Gasteiger partial charge in [0.1, 0.15) is 11.2 Å². The number of carbonyl (C=O) groups is 2. The first-order chi connectivity index (χ1) is 12.9. The van der Waals surface area contributed by atoms with Crippen molar-refractivity contribution >= 4 is 17.5 Å². The minimum Gasteiger partial charge on any atom is -0.497 e. The predicted molar refractivity (Wildman–Crippen MR) is 108 cm³/mol. The zero-order chi connectivity index (χ0) is 19.9. The zero-order valence-corrected chi connectivity index (χ0v) is 16.5. The maximum Gasteiger partial charge on any atom is 0.239 e. The lowest BCUT2D eigenvalue weighted by Crippen LogP contribution is -2.45. The van der Waals surface area contributed by atoms with Crippen LogP contribution in [0.15, 0.2) is 48.5 Å². The third-order valence-electron chi connectivity index (χ3n) is 4.64. The maximum atomic E-state index is 12.7. The monoisotopic (exact) mass is 368 g/mol. The molecule has 0 aromatic heterocycles. The Balaban J connectivity index is 1.91. The van der Waals surface area contributed by atoms with Crippen LogP contribution in [0.2, 0.25) is 0 Å². The van der Waals surface area contributed by atoms with E-state index in [4.69, 9.17) is 4.74 Å². The molecule has 2 aromatic carbocycles. The van der Waals surface area contributed by atoms with E-state index in [1.807, 2.05) is 55.5 Å². The standard InChI is InChI=1S/C22H28N2O3/c1-5-17-8-6-7-9-19(17)24-21(26)22(2,3)20(25)23-15-14-16-10-12-18(27-4)13-11-16/h6-13H,5,14-15H2,1-4H3,(H,23,25)(H,24,26). The summed E-state index contributed by atoms with van der Waals surface area (Å²) in [5.74, 6) is 0.195. The molecule has 144 valence electrons. The van der Waals surface area contributed by atoms with Gasteiger partial charge in [0.05, 0.1) is 7.11 Å². The van der Waals surface area contributed by atoms with Gasteiger partial charge in [0.25, 0.3) is 0 Å². The highest BCUT2D eigenvalue weighted by atomic mass is 16.5. The Kier molecular flexibility index (Phi) is 6.99. The van der Waals surface area contributed by atoms with Crippen molar-refractivity contribution in [1.29, 1.82) is 0 Å². The summed E-state index contributed by atoms with van der Waals surface area (Å²) >= 11 is 0. The molecule has 5 nitrogen and oxygen atoms in total. The Morgan fingerprint density at radius 3 is 2.30 bits per heavy atom. The average molecular weight is 368 g/mol. The van der Waals surface area contributed by atoms with Gasteiger partial charge in [-0.1, -0.05) is 37.3 Å². The van der Waals surface area contributed by atoms with Crippen LogP contribution in [0.1, 0.15) is 31.9 Å². The fourth-order valence-electron chi connectivity index (χ4n) is 2.67. The second kappa shape index (κ2) is 9.21. The number of rotatable bonds is 8. The van der Waals surface area contributed by atoms with E-state index in [0.29, 0.717) is 13.0 Å². The van der Waals surface area contributed by atoms with Crippen LogP contribution in [0.25, 0.3) is 0 Å². The molecule has 2 N–H and O–H groups in total. The van der Waals surface area contributed by atoms with Gasteiger partial charge >= 0.3 is 0 Å². The number of amides is 2. The van der Waals surface area contributed by atoms with Gasteiger partial charge < -0.3 is 15.4 Å². The summed E-state index contributed by atoms with van der Waals surface area (Å²) in [6.07, 6.45) is 1.50. The molecule has 0 unspecified atom stereocenters. The third-order valence-corrected chi connectivity index (χ3v) is 4.64. The number of carbonyl (C=O) groups excluding carboxylic acids is 2. The highest BCUT2D eigenvalue weighted by Gasteiger charge is 2.36. The number of aryl methyl sites for hydroxylation is 1. The minimum absolute atomic E-state index is 0.289. The van der Waals surface area contributed by atoms with Crippen LogP contribution in [0.4, 0.5) is 5.69 Å². The summed E-state index contributed by atoms with van der Waals surface area (Å²) in [5, 5.41) is 5.75. The first kappa shape index (κ1) is 20.5. The fourth-order valence-corrected chi connectivity index (χ4v) is 2.67. The Morgan fingerprint density at radius 1 is 1.00 bits per heavy atom. The zero-order valence-electron chi connectivity index (χ0n) is 16.5. The van der Waals surface area contributed by atoms with Crippen molar-refractivity contribution in [3.8, 4) is 5.75 Å². The van der Waals surface area contributed by atoms with Crippen molar-refractivity contribution in [2.24, 2.45) is 5.41 Å². The van der Waals surface area contributed by atoms with Crippen molar-refractivity contribution in [3.63, 3.8) is 0 Å². The van der Waals surface area contributed by atoms with Crippen molar-refractivity contribution in [1.82, 2.24) is 5.32 Å². The predicted octanol–water partition coefficient (Wildman–Crippen LogP) is 3.58. The molecule has 0 saturated heterocycles. The summed E-state index contributed by atoms with van der Waals surface area (Å²) in [6, 6.07) is 15.3. The second-order valence-electron chi connectivity index (χ2n) is 6.94. The van der Waals surface area contributed by atoms with Crippen molar-refractivity contribution in [2.75, 3.05) is 19.0 Å². The molecule has 0 aliphatic carbocycles. The molecule has 0 atom stereocenters. The van der Waals surface area contributed by atoms with Crippen LogP contribution in [0.3, 0.4) is 0 Å². The van der Waals surface area contributed by atoms with Gasteiger partial charge in [-0.15, -0.1) is 0 Å². The van der Waals surface area contributed by atoms with Crippen LogP contribution < -0.4 is 15.4 Å². The van der Waals surface area contributed by atoms with E-state index < -0.39 is 5.41 Å². The lowest BCUT2D eigenvalue weighted by Gasteiger charge is -2.23. The van der Waals surface area contributed by atoms with E-state index >= 15 is 0 Å². The Bertz CT molecular complexity index is 782. The number of hydrogen-bond donors (Lipinski definition) is 2. The number of nitrogens with one attached hydrogen (secondary N) is 2. The molecule has 0 spiro atoms. The Morgan fingerprint density at radius 2 is 1.67 bits per heavy atom. The van der Waals surface area contributed by atoms with Gasteiger partial charge in [0.15, 0.2) is 0 Å². The SMILES string of the molecule is CCc1ccccc1NC(=O)C(C)(C)C(=O)NCCc1ccc(OC)cc1. The summed E-state index contributed by atoms with van der Waals surface area (Å²) in [5.41, 5.74) is 1.72. The van der Waals surface area contributed by atoms with E-state index in [0.717, 1.165) is 29.0 Å². The first-order valence-electron chi connectivity index (χ1n) is 9.19. The minimum atomic E-state index is -1.17. The summed E-state index contributed by atoms with van der Waals surface area (Å²) < 4.78 is 5.13. The molecule has 0 aliphatic rings. The highest BCUT2D eigenvalue weighted by molar-refractivity contribution is 6.10. The van der Waals surface area contributed by atoms with Gasteiger partial charge in [0, 0.05) is 12.2 Å². The second-order valence-corrected chi connectivity index (χ2v) is 6.94. The molecule has 0 aliphatic heterocycles. The molecule has 0 fully saturated rings. The van der Waals surface area contributed by atoms with Crippen molar-refractivity contribution < 1.29 is 14.3 Å². The average Bonchev–Trinajstić information content (AvgIpc) is 2.68. The molecule has 2 aromatic rings. The number of ether oxygens (including phenoxy) is 1. The molecule has 2 amide bonds. The van der Waals surface area contributed by atoms with Crippen LogP contribution >= 0.6 is 0 Å². The number of para-hydroxylation sites is 1. The number of anilines is 1. The fraction of sp³-hybridized carbons (Fsp3) is 0.364. The van der Waals surface area contributed by atoms with Crippen LogP contribution in [0, 0.1) is 5.41 Å². The van der Waals surface area contributed by atoms with Gasteiger partial charge in [-0.25, -0.2) is 0 Å². The largest absolute Gasteiger partial charge is 0.497 e. The van der Waals surface area contributed by atoms with E-state index in [9.17, 15) is 9.59 Å². The van der Waals surface area contributed by atoms with Gasteiger partial charge in [-0.3, -0.25) is 9.59 Å². The van der Waals surface area contributed by atoms with Gasteiger partial charge in [-0.2, -0.15) is 0 Å². The number of methoxy groups -OCH3 is 1. The summed E-state index contributed by atoms with van der Waals surface area (Å²) in [4.78, 5) is 25.2. The molecular formula is C22H28N2O3. The van der Waals surface area contributed by atoms with Crippen molar-refractivity contribution in [3.05, 3.63) is 59.7 Å². The quantitative estimate of drug-likeness (QED) is 0.700. The number of hydrogen-bond acceptors (Lipinski definition) is 3. The molecule has 5 heteroatoms. The molecule has 0 saturated carbocycles. The summed E-state index contributed by atoms with van der Waals surface area (Å²) in [7, 11) is 1.63. The molecule has 0 heterocycles. The third kappa shape index (κ3) is 5.33. The van der Waals surface area contributed by atoms with Gasteiger partial charge in [0.2, 0.25) is 11.8 Å². The van der Waals surface area contributed by atoms with E-state index in [1.54, 1.807) is 21.0 Å². The normalized spacial score (nSPS) is 11.0. The molecule has 2 rings (SSSR count). The van der Waals surface area contributed by atoms with E-state index in [-0.39, 0.29) is 11.8 Å². The molecule has 27 heavy (non-hydrogen) atoms. The molecule has 0 bridgehead atoms. The smallest absolute Gasteiger partial charge is 0.239 e. The van der Waals surface area contributed by atoms with Crippen LogP contribution in [-0.2, 0) is 22.4 Å². The molecule has 0 radical (unpaired) electrons. The first-order valence-corrected chi connectivity index (χ1v) is 9.19. The highest BCUT2D eigenvalue weighted by Crippen LogP contribution is 2.22.